The summed E-state index contributed by atoms with van der Waals surface area (Å²) in [5.74, 6) is -1.98. The molecule has 0 N–H and O–H groups in total. The summed E-state index contributed by atoms with van der Waals surface area (Å²) in [5, 5.41) is 11.1. The van der Waals surface area contributed by atoms with Crippen LogP contribution in [0.2, 0.25) is 0 Å². The van der Waals surface area contributed by atoms with Gasteiger partial charge in [-0.1, -0.05) is 12.1 Å². The Morgan fingerprint density at radius 1 is 1.07 bits per heavy atom. The summed E-state index contributed by atoms with van der Waals surface area (Å²) in [6, 6.07) is 7.92. The van der Waals surface area contributed by atoms with Crippen LogP contribution in [0.4, 0.5) is 5.69 Å². The summed E-state index contributed by atoms with van der Waals surface area (Å²) in [7, 11) is 0. The molecule has 1 spiro atoms. The fourth-order valence-electron chi connectivity index (χ4n) is 3.47. The maximum atomic E-state index is 12.3. The molecule has 1 saturated heterocycles. The van der Waals surface area contributed by atoms with Gasteiger partial charge in [0.2, 0.25) is 0 Å². The first-order valence-electron chi connectivity index (χ1n) is 8.90. The van der Waals surface area contributed by atoms with Crippen molar-refractivity contribution in [2.75, 3.05) is 0 Å². The predicted molar refractivity (Wildman–Crippen MR) is 96.9 cm³/mol. The van der Waals surface area contributed by atoms with Gasteiger partial charge in [0.1, 0.15) is 17.1 Å². The third-order valence-corrected chi connectivity index (χ3v) is 4.97. The van der Waals surface area contributed by atoms with Gasteiger partial charge in [-0.2, -0.15) is 0 Å². The molecule has 0 bridgehead atoms. The standard InChI is InChI=1S/C20H17NO7/c1-12-4-5-13(10-16(12)21(24)25)17-7-6-14(26-17)11-15-18(22)27-20(28-19(15)23)8-2-3-9-20/h4-7,10-11H,2-3,8-9H2,1H3. The van der Waals surface area contributed by atoms with E-state index in [1.807, 2.05) is 0 Å². The lowest BCUT2D eigenvalue weighted by Gasteiger charge is -2.32. The van der Waals surface area contributed by atoms with Crippen molar-refractivity contribution in [3.63, 3.8) is 0 Å². The van der Waals surface area contributed by atoms with E-state index in [2.05, 4.69) is 0 Å². The Morgan fingerprint density at radius 3 is 2.39 bits per heavy atom. The van der Waals surface area contributed by atoms with Crippen LogP contribution in [0.3, 0.4) is 0 Å². The van der Waals surface area contributed by atoms with E-state index >= 15 is 0 Å². The van der Waals surface area contributed by atoms with Crippen molar-refractivity contribution < 1.29 is 28.4 Å². The molecule has 2 aromatic rings. The average Bonchev–Trinajstić information content (AvgIpc) is 3.28. The second-order valence-electron chi connectivity index (χ2n) is 6.92. The Labute approximate surface area is 159 Å². The molecule has 4 rings (SSSR count). The fourth-order valence-corrected chi connectivity index (χ4v) is 3.47. The van der Waals surface area contributed by atoms with Gasteiger partial charge in [0, 0.05) is 36.1 Å². The van der Waals surface area contributed by atoms with Crippen LogP contribution in [-0.2, 0) is 19.1 Å². The zero-order valence-corrected chi connectivity index (χ0v) is 15.1. The molecule has 0 amide bonds. The van der Waals surface area contributed by atoms with Crippen LogP contribution >= 0.6 is 0 Å². The van der Waals surface area contributed by atoms with Crippen molar-refractivity contribution in [3.8, 4) is 11.3 Å². The highest BCUT2D eigenvalue weighted by atomic mass is 16.7. The van der Waals surface area contributed by atoms with Gasteiger partial charge in [0.25, 0.3) is 11.5 Å². The highest BCUT2D eigenvalue weighted by molar-refractivity contribution is 6.18. The van der Waals surface area contributed by atoms with E-state index in [1.165, 1.54) is 12.1 Å². The minimum Gasteiger partial charge on any atom is -0.457 e. The quantitative estimate of drug-likeness (QED) is 0.260. The largest absolute Gasteiger partial charge is 0.457 e. The van der Waals surface area contributed by atoms with Crippen LogP contribution in [0.1, 0.15) is 37.0 Å². The van der Waals surface area contributed by atoms with Gasteiger partial charge in [-0.15, -0.1) is 0 Å². The molecular weight excluding hydrogens is 366 g/mol. The van der Waals surface area contributed by atoms with Crippen molar-refractivity contribution in [1.82, 2.24) is 0 Å². The minimum atomic E-state index is -1.12. The maximum Gasteiger partial charge on any atom is 0.349 e. The van der Waals surface area contributed by atoms with E-state index < -0.39 is 22.6 Å². The summed E-state index contributed by atoms with van der Waals surface area (Å²) in [6.07, 6.45) is 3.95. The van der Waals surface area contributed by atoms with E-state index in [0.717, 1.165) is 12.8 Å². The maximum absolute atomic E-state index is 12.3. The van der Waals surface area contributed by atoms with Crippen molar-refractivity contribution >= 4 is 23.7 Å². The lowest BCUT2D eigenvalue weighted by Crippen LogP contribution is -2.44. The van der Waals surface area contributed by atoms with E-state index in [4.69, 9.17) is 13.9 Å². The average molecular weight is 383 g/mol. The van der Waals surface area contributed by atoms with Gasteiger partial charge < -0.3 is 13.9 Å². The van der Waals surface area contributed by atoms with E-state index in [0.29, 0.717) is 29.7 Å². The Hall–Kier alpha value is -3.42. The summed E-state index contributed by atoms with van der Waals surface area (Å²) in [5.41, 5.74) is 0.792. The minimum absolute atomic E-state index is 0.0184. The molecule has 8 nitrogen and oxygen atoms in total. The first kappa shape index (κ1) is 18.0. The molecule has 0 radical (unpaired) electrons. The fraction of sp³-hybridized carbons (Fsp3) is 0.300. The summed E-state index contributed by atoms with van der Waals surface area (Å²) >= 11 is 0. The molecule has 1 aliphatic carbocycles. The molecular formula is C20H17NO7. The predicted octanol–water partition coefficient (Wildman–Crippen LogP) is 3.92. The highest BCUT2D eigenvalue weighted by Gasteiger charge is 2.48. The zero-order valence-electron chi connectivity index (χ0n) is 15.1. The Kier molecular flexibility index (Phi) is 4.26. The van der Waals surface area contributed by atoms with Crippen molar-refractivity contribution in [3.05, 3.63) is 57.3 Å². The van der Waals surface area contributed by atoms with Crippen LogP contribution in [0.15, 0.2) is 40.3 Å². The number of aryl methyl sites for hydroxylation is 1. The molecule has 0 unspecified atom stereocenters. The van der Waals surface area contributed by atoms with Crippen molar-refractivity contribution in [2.45, 2.75) is 38.4 Å². The molecule has 2 heterocycles. The number of ether oxygens (including phenoxy) is 2. The first-order chi connectivity index (χ1) is 13.4. The molecule has 1 aromatic carbocycles. The number of furan rings is 1. The van der Waals surface area contributed by atoms with Gasteiger partial charge in [0.05, 0.1) is 4.92 Å². The van der Waals surface area contributed by atoms with Crippen LogP contribution in [0.25, 0.3) is 17.4 Å². The number of hydrogen-bond donors (Lipinski definition) is 0. The first-order valence-corrected chi connectivity index (χ1v) is 8.90. The third-order valence-electron chi connectivity index (χ3n) is 4.97. The molecule has 1 aromatic heterocycles. The zero-order chi connectivity index (χ0) is 19.9. The highest BCUT2D eigenvalue weighted by Crippen LogP contribution is 2.39. The van der Waals surface area contributed by atoms with Crippen LogP contribution in [-0.4, -0.2) is 22.6 Å². The molecule has 1 saturated carbocycles. The topological polar surface area (TPSA) is 109 Å². The second-order valence-corrected chi connectivity index (χ2v) is 6.92. The second kappa shape index (κ2) is 6.63. The number of nitro groups is 1. The normalized spacial score (nSPS) is 18.1. The third kappa shape index (κ3) is 3.17. The summed E-state index contributed by atoms with van der Waals surface area (Å²) < 4.78 is 16.4. The van der Waals surface area contributed by atoms with E-state index in [-0.39, 0.29) is 17.0 Å². The number of esters is 2. The molecule has 1 aliphatic heterocycles. The lowest BCUT2D eigenvalue weighted by molar-refractivity contribution is -0.385. The number of rotatable bonds is 3. The van der Waals surface area contributed by atoms with Crippen molar-refractivity contribution in [1.29, 1.82) is 0 Å². The SMILES string of the molecule is Cc1ccc(-c2ccc(C=C3C(=O)OC4(CCCC4)OC3=O)o2)cc1[N+](=O)[O-]. The van der Waals surface area contributed by atoms with Gasteiger partial charge in [-0.3, -0.25) is 10.1 Å². The van der Waals surface area contributed by atoms with Crippen LogP contribution in [0, 0.1) is 17.0 Å². The van der Waals surface area contributed by atoms with Gasteiger partial charge in [-0.25, -0.2) is 9.59 Å². The van der Waals surface area contributed by atoms with Gasteiger partial charge in [-0.05, 0) is 31.9 Å². The molecule has 2 aliphatic rings. The number of nitro benzene ring substituents is 1. The van der Waals surface area contributed by atoms with E-state index in [1.54, 1.807) is 31.2 Å². The molecule has 8 heteroatoms. The van der Waals surface area contributed by atoms with Crippen molar-refractivity contribution in [2.24, 2.45) is 0 Å². The number of benzene rings is 1. The van der Waals surface area contributed by atoms with Crippen LogP contribution in [0.5, 0.6) is 0 Å². The Bertz CT molecular complexity index is 989. The number of carbonyl (C=O) groups excluding carboxylic acids is 2. The number of hydrogen-bond acceptors (Lipinski definition) is 7. The Morgan fingerprint density at radius 2 is 1.75 bits per heavy atom. The molecule has 144 valence electrons. The molecule has 0 atom stereocenters. The van der Waals surface area contributed by atoms with Gasteiger partial charge >= 0.3 is 11.9 Å². The summed E-state index contributed by atoms with van der Waals surface area (Å²) in [6.45, 7) is 1.65. The number of nitrogens with zero attached hydrogens (tertiary/aromatic N) is 1. The van der Waals surface area contributed by atoms with Crippen LogP contribution < -0.4 is 0 Å². The lowest BCUT2D eigenvalue weighted by atomic mass is 10.1. The smallest absolute Gasteiger partial charge is 0.349 e. The summed E-state index contributed by atoms with van der Waals surface area (Å²) in [4.78, 5) is 35.2. The monoisotopic (exact) mass is 383 g/mol. The van der Waals surface area contributed by atoms with E-state index in [9.17, 15) is 19.7 Å². The number of carbonyl (C=O) groups is 2. The Balaban J connectivity index is 1.60. The van der Waals surface area contributed by atoms with Gasteiger partial charge in [0.15, 0.2) is 0 Å². The molecule has 28 heavy (non-hydrogen) atoms. The molecule has 2 fully saturated rings.